The summed E-state index contributed by atoms with van der Waals surface area (Å²) < 4.78 is 14.9. The highest BCUT2D eigenvalue weighted by Crippen LogP contribution is 2.25. The van der Waals surface area contributed by atoms with E-state index < -0.39 is 0 Å². The van der Waals surface area contributed by atoms with Crippen molar-refractivity contribution in [3.8, 4) is 17.0 Å². The molecule has 5 nitrogen and oxygen atoms in total. The zero-order valence-electron chi connectivity index (χ0n) is 13.4. The summed E-state index contributed by atoms with van der Waals surface area (Å²) in [5.74, 6) is -0.201. The highest BCUT2D eigenvalue weighted by Gasteiger charge is 2.11. The minimum Gasteiger partial charge on any atom is -0.508 e. The van der Waals surface area contributed by atoms with Crippen LogP contribution >= 0.6 is 11.8 Å². The maximum absolute atomic E-state index is 13.0. The number of aromatic nitrogens is 2. The number of aromatic hydroxyl groups is 1. The lowest BCUT2D eigenvalue weighted by molar-refractivity contribution is -0.113. The van der Waals surface area contributed by atoms with Gasteiger partial charge < -0.3 is 15.0 Å². The van der Waals surface area contributed by atoms with Crippen LogP contribution in [0.2, 0.25) is 0 Å². The van der Waals surface area contributed by atoms with Crippen molar-refractivity contribution in [3.63, 3.8) is 0 Å². The van der Waals surface area contributed by atoms with Crippen LogP contribution in [-0.2, 0) is 11.8 Å². The molecule has 0 aliphatic carbocycles. The first kappa shape index (κ1) is 17.0. The molecule has 0 saturated heterocycles. The molecular formula is C18H16FN3O2S. The van der Waals surface area contributed by atoms with Gasteiger partial charge in [0.25, 0.3) is 0 Å². The number of carbonyl (C=O) groups is 1. The van der Waals surface area contributed by atoms with Crippen molar-refractivity contribution in [1.29, 1.82) is 0 Å². The maximum atomic E-state index is 13.0. The molecule has 7 heteroatoms. The SMILES string of the molecule is Cn1c(-c2ccc(F)cc2)cnc1SCC(=O)Nc1cccc(O)c1. The number of imidazole rings is 1. The van der Waals surface area contributed by atoms with E-state index in [-0.39, 0.29) is 23.2 Å². The van der Waals surface area contributed by atoms with Crippen LogP contribution in [0.15, 0.2) is 59.9 Å². The molecule has 0 spiro atoms. The van der Waals surface area contributed by atoms with Crippen molar-refractivity contribution >= 4 is 23.4 Å². The van der Waals surface area contributed by atoms with Crippen molar-refractivity contribution in [2.24, 2.45) is 7.05 Å². The molecule has 0 radical (unpaired) electrons. The molecule has 1 aromatic heterocycles. The van der Waals surface area contributed by atoms with E-state index in [4.69, 9.17) is 0 Å². The Kier molecular flexibility index (Phi) is 5.04. The van der Waals surface area contributed by atoms with Crippen LogP contribution in [0, 0.1) is 5.82 Å². The third-order valence-electron chi connectivity index (χ3n) is 3.55. The molecule has 1 heterocycles. The highest BCUT2D eigenvalue weighted by molar-refractivity contribution is 7.99. The van der Waals surface area contributed by atoms with Gasteiger partial charge in [0.2, 0.25) is 5.91 Å². The number of thioether (sulfide) groups is 1. The Bertz CT molecular complexity index is 894. The second-order valence-electron chi connectivity index (χ2n) is 5.38. The maximum Gasteiger partial charge on any atom is 0.234 e. The van der Waals surface area contributed by atoms with Gasteiger partial charge in [-0.1, -0.05) is 17.8 Å². The molecule has 1 amide bonds. The normalized spacial score (nSPS) is 10.6. The molecule has 0 aliphatic rings. The van der Waals surface area contributed by atoms with Crippen molar-refractivity contribution in [1.82, 2.24) is 9.55 Å². The first-order valence-corrected chi connectivity index (χ1v) is 8.51. The van der Waals surface area contributed by atoms with E-state index in [1.807, 2.05) is 11.6 Å². The average Bonchev–Trinajstić information content (AvgIpc) is 2.94. The fraction of sp³-hybridized carbons (Fsp3) is 0.111. The summed E-state index contributed by atoms with van der Waals surface area (Å²) in [5, 5.41) is 12.8. The van der Waals surface area contributed by atoms with E-state index in [0.717, 1.165) is 11.3 Å². The van der Waals surface area contributed by atoms with Crippen LogP contribution < -0.4 is 5.32 Å². The van der Waals surface area contributed by atoms with E-state index in [2.05, 4.69) is 10.3 Å². The third-order valence-corrected chi connectivity index (χ3v) is 4.59. The standard InChI is InChI=1S/C18H16FN3O2S/c1-22-16(12-5-7-13(19)8-6-12)10-20-18(22)25-11-17(24)21-14-3-2-4-15(23)9-14/h2-10,23H,11H2,1H3,(H,21,24). The zero-order valence-corrected chi connectivity index (χ0v) is 14.3. The molecule has 2 N–H and O–H groups in total. The molecule has 0 saturated carbocycles. The molecule has 0 fully saturated rings. The predicted octanol–water partition coefficient (Wildman–Crippen LogP) is 3.66. The fourth-order valence-corrected chi connectivity index (χ4v) is 3.08. The average molecular weight is 357 g/mol. The highest BCUT2D eigenvalue weighted by atomic mass is 32.2. The summed E-state index contributed by atoms with van der Waals surface area (Å²) in [6, 6.07) is 12.6. The van der Waals surface area contributed by atoms with Gasteiger partial charge in [0, 0.05) is 18.8 Å². The van der Waals surface area contributed by atoms with E-state index in [0.29, 0.717) is 10.8 Å². The van der Waals surface area contributed by atoms with Gasteiger partial charge in [-0.05, 0) is 42.0 Å². The lowest BCUT2D eigenvalue weighted by atomic mass is 10.2. The van der Waals surface area contributed by atoms with Gasteiger partial charge in [0.1, 0.15) is 11.6 Å². The first-order chi connectivity index (χ1) is 12.0. The molecule has 2 aromatic carbocycles. The molecule has 3 rings (SSSR count). The molecular weight excluding hydrogens is 341 g/mol. The Morgan fingerprint density at radius 3 is 2.76 bits per heavy atom. The second kappa shape index (κ2) is 7.40. The smallest absolute Gasteiger partial charge is 0.234 e. The number of phenolic OH excluding ortho intramolecular Hbond substituents is 1. The number of hydrogen-bond acceptors (Lipinski definition) is 4. The Balaban J connectivity index is 1.64. The number of rotatable bonds is 5. The summed E-state index contributed by atoms with van der Waals surface area (Å²) in [6.07, 6.45) is 1.70. The molecule has 128 valence electrons. The lowest BCUT2D eigenvalue weighted by Crippen LogP contribution is -2.14. The van der Waals surface area contributed by atoms with Crippen molar-refractivity contribution in [2.45, 2.75) is 5.16 Å². The van der Waals surface area contributed by atoms with Gasteiger partial charge in [-0.25, -0.2) is 9.37 Å². The summed E-state index contributed by atoms with van der Waals surface area (Å²) in [6.45, 7) is 0. The van der Waals surface area contributed by atoms with E-state index in [1.54, 1.807) is 30.5 Å². The van der Waals surface area contributed by atoms with Gasteiger partial charge in [-0.15, -0.1) is 0 Å². The van der Waals surface area contributed by atoms with Gasteiger partial charge in [0.15, 0.2) is 5.16 Å². The molecule has 0 aliphatic heterocycles. The minimum absolute atomic E-state index is 0.0958. The monoisotopic (exact) mass is 357 g/mol. The Hall–Kier alpha value is -2.80. The van der Waals surface area contributed by atoms with Crippen LogP contribution in [0.5, 0.6) is 5.75 Å². The van der Waals surface area contributed by atoms with E-state index >= 15 is 0 Å². The number of nitrogens with zero attached hydrogens (tertiary/aromatic N) is 2. The van der Waals surface area contributed by atoms with Crippen molar-refractivity contribution in [3.05, 3.63) is 60.5 Å². The number of carbonyl (C=O) groups excluding carboxylic acids is 1. The van der Waals surface area contributed by atoms with Crippen LogP contribution in [-0.4, -0.2) is 26.3 Å². The van der Waals surface area contributed by atoms with Gasteiger partial charge in [-0.3, -0.25) is 4.79 Å². The molecule has 0 bridgehead atoms. The first-order valence-electron chi connectivity index (χ1n) is 7.52. The fourth-order valence-electron chi connectivity index (χ4n) is 2.33. The minimum atomic E-state index is -0.288. The number of amides is 1. The number of benzene rings is 2. The van der Waals surface area contributed by atoms with Crippen LogP contribution in [0.3, 0.4) is 0 Å². The van der Waals surface area contributed by atoms with Gasteiger partial charge >= 0.3 is 0 Å². The predicted molar refractivity (Wildman–Crippen MR) is 96.1 cm³/mol. The summed E-state index contributed by atoms with van der Waals surface area (Å²) in [5.41, 5.74) is 2.24. The van der Waals surface area contributed by atoms with Crippen molar-refractivity contribution < 1.29 is 14.3 Å². The molecule has 3 aromatic rings. The van der Waals surface area contributed by atoms with Crippen LogP contribution in [0.1, 0.15) is 0 Å². The molecule has 0 atom stereocenters. The molecule has 25 heavy (non-hydrogen) atoms. The quantitative estimate of drug-likeness (QED) is 0.684. The number of halogens is 1. The van der Waals surface area contributed by atoms with Gasteiger partial charge in [0.05, 0.1) is 17.6 Å². The third kappa shape index (κ3) is 4.19. The number of nitrogens with one attached hydrogen (secondary N) is 1. The number of hydrogen-bond donors (Lipinski definition) is 2. The Morgan fingerprint density at radius 2 is 2.04 bits per heavy atom. The largest absolute Gasteiger partial charge is 0.508 e. The van der Waals surface area contributed by atoms with Gasteiger partial charge in [-0.2, -0.15) is 0 Å². The Labute approximate surface area is 148 Å². The summed E-state index contributed by atoms with van der Waals surface area (Å²) >= 11 is 1.30. The van der Waals surface area contributed by atoms with E-state index in [9.17, 15) is 14.3 Å². The van der Waals surface area contributed by atoms with Crippen LogP contribution in [0.4, 0.5) is 10.1 Å². The van der Waals surface area contributed by atoms with Crippen LogP contribution in [0.25, 0.3) is 11.3 Å². The zero-order chi connectivity index (χ0) is 17.8. The lowest BCUT2D eigenvalue weighted by Gasteiger charge is -2.07. The Morgan fingerprint density at radius 1 is 1.28 bits per heavy atom. The van der Waals surface area contributed by atoms with Crippen molar-refractivity contribution in [2.75, 3.05) is 11.1 Å². The van der Waals surface area contributed by atoms with E-state index in [1.165, 1.54) is 36.0 Å². The summed E-state index contributed by atoms with van der Waals surface area (Å²) in [4.78, 5) is 16.4. The summed E-state index contributed by atoms with van der Waals surface area (Å²) in [7, 11) is 1.85. The number of anilines is 1. The topological polar surface area (TPSA) is 67.2 Å². The second-order valence-corrected chi connectivity index (χ2v) is 6.32. The number of phenols is 1. The molecule has 0 unspecified atom stereocenters.